The third kappa shape index (κ3) is 3.46. The van der Waals surface area contributed by atoms with E-state index in [1.807, 2.05) is 22.9 Å². The molecule has 1 fully saturated rings. The third-order valence-electron chi connectivity index (χ3n) is 6.59. The fraction of sp³-hybridized carbons (Fsp3) is 0.545. The highest BCUT2D eigenvalue weighted by Crippen LogP contribution is 2.37. The van der Waals surface area contributed by atoms with Crippen LogP contribution in [0, 0.1) is 0 Å². The molecule has 1 saturated heterocycles. The third-order valence-corrected chi connectivity index (χ3v) is 6.59. The summed E-state index contributed by atoms with van der Waals surface area (Å²) < 4.78 is 12.9. The summed E-state index contributed by atoms with van der Waals surface area (Å²) in [5.74, 6) is 2.05. The van der Waals surface area contributed by atoms with Crippen LogP contribution in [-0.4, -0.2) is 50.0 Å². The molecule has 0 bridgehead atoms. The first-order chi connectivity index (χ1) is 15.0. The van der Waals surface area contributed by atoms with E-state index in [9.17, 15) is 4.79 Å². The largest absolute Gasteiger partial charge is 0.454 e. The zero-order valence-corrected chi connectivity index (χ0v) is 18.2. The van der Waals surface area contributed by atoms with Crippen molar-refractivity contribution in [3.8, 4) is 11.5 Å². The molecule has 0 unspecified atom stereocenters. The van der Waals surface area contributed by atoms with Crippen LogP contribution < -0.4 is 15.0 Å². The second-order valence-electron chi connectivity index (χ2n) is 8.96. The lowest BCUT2D eigenvalue weighted by atomic mass is 9.98. The number of H-pyrrole nitrogens is 1. The van der Waals surface area contributed by atoms with Gasteiger partial charge in [-0.05, 0) is 68.8 Å². The molecule has 164 valence electrons. The first-order valence-corrected chi connectivity index (χ1v) is 11.0. The zero-order valence-electron chi connectivity index (χ0n) is 18.2. The maximum atomic E-state index is 13.3. The van der Waals surface area contributed by atoms with Crippen molar-refractivity contribution in [1.29, 1.82) is 0 Å². The van der Waals surface area contributed by atoms with Gasteiger partial charge in [0.15, 0.2) is 17.3 Å². The molecule has 0 saturated carbocycles. The van der Waals surface area contributed by atoms with E-state index in [1.54, 1.807) is 0 Å². The van der Waals surface area contributed by atoms with Crippen molar-refractivity contribution in [2.75, 3.05) is 19.9 Å². The van der Waals surface area contributed by atoms with Gasteiger partial charge in [0.05, 0.1) is 11.1 Å². The average Bonchev–Trinajstić information content (AvgIpc) is 3.43. The number of likely N-dealkylation sites (tertiary alicyclic amines) is 1. The van der Waals surface area contributed by atoms with E-state index in [2.05, 4.69) is 46.2 Å². The first kappa shape index (κ1) is 20.0. The molecule has 4 heterocycles. The smallest absolute Gasteiger partial charge is 0.253 e. The lowest BCUT2D eigenvalue weighted by Gasteiger charge is -2.35. The molecule has 1 atom stereocenters. The molecule has 2 aromatic heterocycles. The second kappa shape index (κ2) is 7.64. The highest BCUT2D eigenvalue weighted by molar-refractivity contribution is 5.83. The number of fused-ring (bicyclic) bond motifs is 2. The molecule has 5 rings (SSSR count). The number of pyridine rings is 1. The van der Waals surface area contributed by atoms with Gasteiger partial charge < -0.3 is 14.5 Å². The minimum Gasteiger partial charge on any atom is -0.454 e. The van der Waals surface area contributed by atoms with Gasteiger partial charge in [-0.1, -0.05) is 13.3 Å². The van der Waals surface area contributed by atoms with Crippen LogP contribution in [0.4, 0.5) is 0 Å². The van der Waals surface area contributed by atoms with Crippen molar-refractivity contribution in [2.45, 2.75) is 58.0 Å². The van der Waals surface area contributed by atoms with Crippen molar-refractivity contribution in [3.05, 3.63) is 39.9 Å². The number of aromatic amines is 1. The molecule has 2 aliphatic heterocycles. The number of nitrogens with zero attached hydrogens (tertiary/aromatic N) is 5. The Balaban J connectivity index is 1.68. The fourth-order valence-corrected chi connectivity index (χ4v) is 4.44. The summed E-state index contributed by atoms with van der Waals surface area (Å²) in [6, 6.07) is 5.37. The van der Waals surface area contributed by atoms with Crippen LogP contribution in [0.15, 0.2) is 23.0 Å². The van der Waals surface area contributed by atoms with Crippen LogP contribution in [0.1, 0.15) is 63.9 Å². The molecule has 0 amide bonds. The van der Waals surface area contributed by atoms with E-state index in [4.69, 9.17) is 9.47 Å². The topological polar surface area (TPSA) is 98.2 Å². The molecule has 0 radical (unpaired) electrons. The number of rotatable bonds is 5. The van der Waals surface area contributed by atoms with E-state index < -0.39 is 0 Å². The summed E-state index contributed by atoms with van der Waals surface area (Å²) in [4.78, 5) is 18.7. The molecule has 31 heavy (non-hydrogen) atoms. The highest BCUT2D eigenvalue weighted by Gasteiger charge is 2.34. The summed E-state index contributed by atoms with van der Waals surface area (Å²) in [5, 5.41) is 13.6. The number of tetrazole rings is 1. The molecule has 1 aromatic carbocycles. The number of hydrogen-bond donors (Lipinski definition) is 1. The molecular formula is C22H28N6O3. The van der Waals surface area contributed by atoms with Gasteiger partial charge in [-0.25, -0.2) is 4.68 Å². The van der Waals surface area contributed by atoms with Gasteiger partial charge in [-0.3, -0.25) is 9.69 Å². The zero-order chi connectivity index (χ0) is 21.6. The summed E-state index contributed by atoms with van der Waals surface area (Å²) in [6.45, 7) is 8.36. The summed E-state index contributed by atoms with van der Waals surface area (Å²) in [6.07, 6.45) is 4.26. The van der Waals surface area contributed by atoms with E-state index in [0.29, 0.717) is 22.9 Å². The summed E-state index contributed by atoms with van der Waals surface area (Å²) in [5.41, 5.74) is 0.980. The summed E-state index contributed by atoms with van der Waals surface area (Å²) >= 11 is 0. The Labute approximate surface area is 180 Å². The highest BCUT2D eigenvalue weighted by atomic mass is 16.7. The number of ether oxygens (including phenoxy) is 2. The lowest BCUT2D eigenvalue weighted by Crippen LogP contribution is -2.40. The van der Waals surface area contributed by atoms with Gasteiger partial charge in [-0.2, -0.15) is 0 Å². The molecule has 0 aliphatic carbocycles. The Kier molecular flexibility index (Phi) is 4.92. The quantitative estimate of drug-likeness (QED) is 0.672. The molecule has 9 nitrogen and oxygen atoms in total. The maximum Gasteiger partial charge on any atom is 0.253 e. The molecule has 1 N–H and O–H groups in total. The average molecular weight is 425 g/mol. The van der Waals surface area contributed by atoms with Gasteiger partial charge in [-0.15, -0.1) is 5.10 Å². The van der Waals surface area contributed by atoms with Gasteiger partial charge >= 0.3 is 0 Å². The van der Waals surface area contributed by atoms with E-state index >= 15 is 0 Å². The van der Waals surface area contributed by atoms with Gasteiger partial charge in [0.2, 0.25) is 6.79 Å². The van der Waals surface area contributed by atoms with E-state index in [-0.39, 0.29) is 23.9 Å². The number of nitrogens with one attached hydrogen (secondary N) is 1. The number of piperidine rings is 1. The van der Waals surface area contributed by atoms with Crippen molar-refractivity contribution in [1.82, 2.24) is 30.1 Å². The normalized spacial score (nSPS) is 17.9. The standard InChI is InChI=1S/C22H28N6O3/c1-4-22(2,3)28-20(24-25-26-28)19(27-8-6-5-7-9-27)15-10-14-11-17-18(31-13-30-17)12-16(14)23-21(15)29/h10-12,19H,4-9,13H2,1-3H3,(H,23,29)/t19-/m1/s1. The van der Waals surface area contributed by atoms with Gasteiger partial charge in [0, 0.05) is 17.0 Å². The predicted octanol–water partition coefficient (Wildman–Crippen LogP) is 2.96. The Hall–Kier alpha value is -2.94. The van der Waals surface area contributed by atoms with E-state index in [0.717, 1.165) is 43.3 Å². The minimum atomic E-state index is -0.320. The Morgan fingerprint density at radius 3 is 2.61 bits per heavy atom. The lowest BCUT2D eigenvalue weighted by molar-refractivity contribution is 0.167. The van der Waals surface area contributed by atoms with Crippen LogP contribution in [-0.2, 0) is 5.54 Å². The monoisotopic (exact) mass is 424 g/mol. The Morgan fingerprint density at radius 1 is 1.13 bits per heavy atom. The Bertz CT molecular complexity index is 1160. The first-order valence-electron chi connectivity index (χ1n) is 11.0. The van der Waals surface area contributed by atoms with Crippen LogP contribution in [0.3, 0.4) is 0 Å². The molecule has 0 spiro atoms. The van der Waals surface area contributed by atoms with Crippen LogP contribution in [0.25, 0.3) is 10.9 Å². The summed E-state index contributed by atoms with van der Waals surface area (Å²) in [7, 11) is 0. The SMILES string of the molecule is CCC(C)(C)n1nnnc1[C@@H](c1cc2cc3c(cc2[nH]c1=O)OCO3)N1CCCCC1. The molecule has 2 aliphatic rings. The van der Waals surface area contributed by atoms with E-state index in [1.165, 1.54) is 6.42 Å². The number of hydrogen-bond acceptors (Lipinski definition) is 7. The predicted molar refractivity (Wildman–Crippen MR) is 115 cm³/mol. The molecule has 9 heteroatoms. The van der Waals surface area contributed by atoms with Gasteiger partial charge in [0.25, 0.3) is 5.56 Å². The van der Waals surface area contributed by atoms with Crippen LogP contribution in [0.2, 0.25) is 0 Å². The van der Waals surface area contributed by atoms with Crippen LogP contribution >= 0.6 is 0 Å². The van der Waals surface area contributed by atoms with Crippen molar-refractivity contribution in [3.63, 3.8) is 0 Å². The van der Waals surface area contributed by atoms with Crippen molar-refractivity contribution >= 4 is 10.9 Å². The Morgan fingerprint density at radius 2 is 1.87 bits per heavy atom. The number of aromatic nitrogens is 5. The number of benzene rings is 1. The van der Waals surface area contributed by atoms with Crippen molar-refractivity contribution in [2.24, 2.45) is 0 Å². The molecular weight excluding hydrogens is 396 g/mol. The molecule has 3 aromatic rings. The van der Waals surface area contributed by atoms with Crippen LogP contribution in [0.5, 0.6) is 11.5 Å². The fourth-order valence-electron chi connectivity index (χ4n) is 4.44. The maximum absolute atomic E-state index is 13.3. The second-order valence-corrected chi connectivity index (χ2v) is 8.96. The minimum absolute atomic E-state index is 0.134. The van der Waals surface area contributed by atoms with Gasteiger partial charge in [0.1, 0.15) is 6.04 Å². The van der Waals surface area contributed by atoms with Crippen molar-refractivity contribution < 1.29 is 9.47 Å².